The minimum atomic E-state index is 0.0334. The molecule has 0 bridgehead atoms. The van der Waals surface area contributed by atoms with Crippen LogP contribution in [0.3, 0.4) is 0 Å². The third kappa shape index (κ3) is 9.91. The normalized spacial score (nSPS) is 12.0. The first kappa shape index (κ1) is 25.7. The van der Waals surface area contributed by atoms with Crippen LogP contribution in [0.25, 0.3) is 0 Å². The molecule has 1 N–H and O–H groups in total. The van der Waals surface area contributed by atoms with Gasteiger partial charge < -0.3 is 5.11 Å². The second-order valence-corrected chi connectivity index (χ2v) is 8.85. The molecular formula is C28H40O2. The zero-order valence-corrected chi connectivity index (χ0v) is 20.1. The predicted molar refractivity (Wildman–Crippen MR) is 130 cm³/mol. The molecule has 1 rings (SSSR count). The van der Waals surface area contributed by atoms with E-state index in [1.165, 1.54) is 22.3 Å². The van der Waals surface area contributed by atoms with Crippen molar-refractivity contribution in [3.8, 4) is 5.75 Å². The van der Waals surface area contributed by atoms with Crippen LogP contribution in [0.15, 0.2) is 58.7 Å². The largest absolute Gasteiger partial charge is 0.507 e. The first-order valence-electron chi connectivity index (χ1n) is 11.0. The van der Waals surface area contributed by atoms with E-state index in [4.69, 9.17) is 0 Å². The van der Waals surface area contributed by atoms with Crippen LogP contribution in [-0.4, -0.2) is 10.9 Å². The number of hydrogen-bond acceptors (Lipinski definition) is 2. The summed E-state index contributed by atoms with van der Waals surface area (Å²) in [6, 6.07) is 3.68. The van der Waals surface area contributed by atoms with Crippen molar-refractivity contribution >= 4 is 5.78 Å². The number of phenolic OH excluding ortho intramolecular Hbond substituents is 1. The van der Waals surface area contributed by atoms with Crippen molar-refractivity contribution in [1.82, 2.24) is 0 Å². The summed E-state index contributed by atoms with van der Waals surface area (Å²) in [5.74, 6) is 0.354. The van der Waals surface area contributed by atoms with Gasteiger partial charge in [0.15, 0.2) is 5.78 Å². The fourth-order valence-electron chi connectivity index (χ4n) is 3.22. The van der Waals surface area contributed by atoms with Crippen LogP contribution >= 0.6 is 0 Å². The van der Waals surface area contributed by atoms with Crippen LogP contribution in [0.5, 0.6) is 5.75 Å². The Bertz CT molecular complexity index is 778. The summed E-state index contributed by atoms with van der Waals surface area (Å²) >= 11 is 0. The molecule has 1 aromatic rings. The van der Waals surface area contributed by atoms with Gasteiger partial charge in [0, 0.05) is 5.56 Å². The number of Topliss-reactive ketones (excluding diaryl/α,β-unsaturated/α-hetero) is 1. The van der Waals surface area contributed by atoms with Gasteiger partial charge in [-0.3, -0.25) is 4.79 Å². The zero-order chi connectivity index (χ0) is 22.7. The van der Waals surface area contributed by atoms with E-state index >= 15 is 0 Å². The van der Waals surface area contributed by atoms with Gasteiger partial charge in [-0.15, -0.1) is 0 Å². The molecule has 0 aliphatic heterocycles. The Labute approximate surface area is 184 Å². The first-order chi connectivity index (χ1) is 14.1. The number of benzene rings is 1. The molecule has 0 radical (unpaired) electrons. The summed E-state index contributed by atoms with van der Waals surface area (Å²) in [7, 11) is 0. The van der Waals surface area contributed by atoms with E-state index in [0.29, 0.717) is 24.2 Å². The molecule has 0 saturated heterocycles. The molecule has 164 valence electrons. The number of hydrogen-bond donors (Lipinski definition) is 1. The van der Waals surface area contributed by atoms with Gasteiger partial charge in [-0.25, -0.2) is 0 Å². The van der Waals surface area contributed by atoms with Crippen LogP contribution in [0.4, 0.5) is 0 Å². The maximum absolute atomic E-state index is 12.0. The molecule has 0 aliphatic carbocycles. The number of allylic oxidation sites excluding steroid dienone is 8. The lowest BCUT2D eigenvalue weighted by molar-refractivity contribution is 0.101. The van der Waals surface area contributed by atoms with E-state index < -0.39 is 0 Å². The van der Waals surface area contributed by atoms with E-state index in [1.807, 2.05) is 12.1 Å². The lowest BCUT2D eigenvalue weighted by atomic mass is 9.96. The van der Waals surface area contributed by atoms with Gasteiger partial charge in [-0.2, -0.15) is 0 Å². The standard InChI is InChI=1S/C28H40O2/c1-20(2)10-8-12-22(5)14-16-25-18-27(24(7)29)19-26(28(25)30)17-15-23(6)13-9-11-21(3)4/h10-11,14-15,18-19,30H,8-9,12-13,16-17H2,1-7H3/b22-14+,23-15+. The van der Waals surface area contributed by atoms with Crippen molar-refractivity contribution in [2.24, 2.45) is 0 Å². The zero-order valence-electron chi connectivity index (χ0n) is 20.1. The Kier molecular flexibility index (Phi) is 11.2. The van der Waals surface area contributed by atoms with Gasteiger partial charge in [0.1, 0.15) is 5.75 Å². The SMILES string of the molecule is CC(=O)c1cc(C/C=C(\C)CCC=C(C)C)c(O)c(C/C=C(\C)CCC=C(C)C)c1. The minimum absolute atomic E-state index is 0.0334. The van der Waals surface area contributed by atoms with Crippen molar-refractivity contribution in [2.75, 3.05) is 0 Å². The van der Waals surface area contributed by atoms with E-state index in [2.05, 4.69) is 65.8 Å². The third-order valence-corrected chi connectivity index (χ3v) is 5.20. The summed E-state index contributed by atoms with van der Waals surface area (Å²) in [5, 5.41) is 10.8. The molecule has 30 heavy (non-hydrogen) atoms. The monoisotopic (exact) mass is 408 g/mol. The van der Waals surface area contributed by atoms with Gasteiger partial charge >= 0.3 is 0 Å². The second kappa shape index (κ2) is 13.1. The fraction of sp³-hybridized carbons (Fsp3) is 0.464. The van der Waals surface area contributed by atoms with Gasteiger partial charge in [0.05, 0.1) is 0 Å². The highest BCUT2D eigenvalue weighted by Gasteiger charge is 2.11. The first-order valence-corrected chi connectivity index (χ1v) is 11.0. The smallest absolute Gasteiger partial charge is 0.159 e. The minimum Gasteiger partial charge on any atom is -0.507 e. The van der Waals surface area contributed by atoms with Crippen LogP contribution in [0, 0.1) is 0 Å². The van der Waals surface area contributed by atoms with Crippen molar-refractivity contribution in [2.45, 2.75) is 87.0 Å². The van der Waals surface area contributed by atoms with E-state index in [1.54, 1.807) is 6.92 Å². The molecule has 2 heteroatoms. The number of carbonyl (C=O) groups excluding carboxylic acids is 1. The number of phenols is 1. The molecule has 1 aromatic carbocycles. The van der Waals surface area contributed by atoms with E-state index in [-0.39, 0.29) is 5.78 Å². The molecule has 0 aromatic heterocycles. The van der Waals surface area contributed by atoms with Gasteiger partial charge in [0.2, 0.25) is 0 Å². The van der Waals surface area contributed by atoms with Crippen molar-refractivity contribution in [3.63, 3.8) is 0 Å². The van der Waals surface area contributed by atoms with Crippen molar-refractivity contribution < 1.29 is 9.90 Å². The summed E-state index contributed by atoms with van der Waals surface area (Å²) in [5.41, 5.74) is 7.61. The third-order valence-electron chi connectivity index (χ3n) is 5.20. The molecule has 0 heterocycles. The number of rotatable bonds is 11. The van der Waals surface area contributed by atoms with E-state index in [0.717, 1.165) is 36.8 Å². The van der Waals surface area contributed by atoms with Crippen LogP contribution in [0.2, 0.25) is 0 Å². The number of carbonyl (C=O) groups is 1. The maximum atomic E-state index is 12.0. The lowest BCUT2D eigenvalue weighted by Crippen LogP contribution is -1.99. The molecule has 0 atom stereocenters. The topological polar surface area (TPSA) is 37.3 Å². The average Bonchev–Trinajstić information content (AvgIpc) is 2.65. The summed E-state index contributed by atoms with van der Waals surface area (Å²) in [4.78, 5) is 12.0. The Balaban J connectivity index is 2.98. The summed E-state index contributed by atoms with van der Waals surface area (Å²) in [6.45, 7) is 14.3. The Morgan fingerprint density at radius 3 is 1.47 bits per heavy atom. The predicted octanol–water partition coefficient (Wildman–Crippen LogP) is 8.07. The van der Waals surface area contributed by atoms with E-state index in [9.17, 15) is 9.90 Å². The summed E-state index contributed by atoms with van der Waals surface area (Å²) in [6.07, 6.45) is 14.2. The molecule has 0 aliphatic rings. The van der Waals surface area contributed by atoms with Gasteiger partial charge in [-0.05, 0) is 110 Å². The lowest BCUT2D eigenvalue weighted by Gasteiger charge is -2.11. The fourth-order valence-corrected chi connectivity index (χ4v) is 3.22. The van der Waals surface area contributed by atoms with Crippen molar-refractivity contribution in [1.29, 1.82) is 0 Å². The average molecular weight is 409 g/mol. The molecular weight excluding hydrogens is 368 g/mol. The molecule has 0 fully saturated rings. The number of aromatic hydroxyl groups is 1. The van der Waals surface area contributed by atoms with Gasteiger partial charge in [0.25, 0.3) is 0 Å². The molecule has 0 saturated carbocycles. The Morgan fingerprint density at radius 1 is 0.733 bits per heavy atom. The molecule has 2 nitrogen and oxygen atoms in total. The molecule has 0 unspecified atom stereocenters. The van der Waals surface area contributed by atoms with Crippen molar-refractivity contribution in [3.05, 3.63) is 75.4 Å². The van der Waals surface area contributed by atoms with Crippen LogP contribution < -0.4 is 0 Å². The van der Waals surface area contributed by atoms with Gasteiger partial charge in [-0.1, -0.05) is 46.6 Å². The van der Waals surface area contributed by atoms with Crippen LogP contribution in [0.1, 0.15) is 95.6 Å². The highest BCUT2D eigenvalue weighted by Crippen LogP contribution is 2.28. The number of ketones is 1. The highest BCUT2D eigenvalue weighted by atomic mass is 16.3. The molecule has 0 amide bonds. The maximum Gasteiger partial charge on any atom is 0.159 e. The molecule has 0 spiro atoms. The Morgan fingerprint density at radius 2 is 1.13 bits per heavy atom. The van der Waals surface area contributed by atoms with Crippen LogP contribution in [-0.2, 0) is 12.8 Å². The quantitative estimate of drug-likeness (QED) is 0.297. The highest BCUT2D eigenvalue weighted by molar-refractivity contribution is 5.94. The summed E-state index contributed by atoms with van der Waals surface area (Å²) < 4.78 is 0. The second-order valence-electron chi connectivity index (χ2n) is 8.85. The Hall–Kier alpha value is -2.35.